The molecule has 74 heavy (non-hydrogen) atoms. The number of aromatic hydroxyl groups is 1. The van der Waals surface area contributed by atoms with Crippen LogP contribution in [0.1, 0.15) is 105 Å². The zero-order valence-corrected chi connectivity index (χ0v) is 43.6. The first kappa shape index (κ1) is 54.7. The average Bonchev–Trinajstić information content (AvgIpc) is 3.96. The highest BCUT2D eigenvalue weighted by Crippen LogP contribution is 2.80. The van der Waals surface area contributed by atoms with Gasteiger partial charge in [0.2, 0.25) is 0 Å². The van der Waals surface area contributed by atoms with Gasteiger partial charge in [0.05, 0.1) is 44.2 Å². The van der Waals surface area contributed by atoms with Crippen LogP contribution in [0.15, 0.2) is 42.0 Å². The Kier molecular flexibility index (Phi) is 14.7. The summed E-state index contributed by atoms with van der Waals surface area (Å²) in [4.78, 5) is 13.1. The van der Waals surface area contributed by atoms with Crippen molar-refractivity contribution >= 4 is 12.0 Å². The summed E-state index contributed by atoms with van der Waals surface area (Å²) in [5, 5.41) is 98.5. The highest BCUT2D eigenvalue weighted by atomic mass is 16.8. The Balaban J connectivity index is 0.889. The van der Waals surface area contributed by atoms with E-state index in [1.165, 1.54) is 18.2 Å². The molecule has 2 unspecified atom stereocenters. The molecule has 1 aromatic carbocycles. The number of phenolic OH excluding ortho intramolecular Hbond substituents is 1. The molecule has 0 amide bonds. The van der Waals surface area contributed by atoms with Gasteiger partial charge in [0.15, 0.2) is 30.8 Å². The molecular formula is C55H80O19. The van der Waals surface area contributed by atoms with Crippen LogP contribution in [0, 0.1) is 45.3 Å². The second-order valence-corrected chi connectivity index (χ2v) is 24.8. The Morgan fingerprint density at radius 3 is 2.12 bits per heavy atom. The van der Waals surface area contributed by atoms with Gasteiger partial charge in [-0.2, -0.15) is 0 Å². The quantitative estimate of drug-likeness (QED) is 0.0630. The van der Waals surface area contributed by atoms with Gasteiger partial charge >= 0.3 is 5.97 Å². The topological polar surface area (TPSA) is 282 Å². The van der Waals surface area contributed by atoms with Crippen molar-refractivity contribution in [2.24, 2.45) is 45.3 Å². The summed E-state index contributed by atoms with van der Waals surface area (Å²) in [6.07, 6.45) is -9.73. The van der Waals surface area contributed by atoms with Crippen molar-refractivity contribution < 1.29 is 93.4 Å². The number of carbonyl (C=O) groups excluding carboxylic acids is 1. The van der Waals surface area contributed by atoms with Gasteiger partial charge in [-0.15, -0.1) is 0 Å². The lowest BCUT2D eigenvalue weighted by Crippen LogP contribution is -2.67. The van der Waals surface area contributed by atoms with Crippen LogP contribution in [0.2, 0.25) is 0 Å². The zero-order valence-electron chi connectivity index (χ0n) is 43.6. The first-order valence-electron chi connectivity index (χ1n) is 26.8. The van der Waals surface area contributed by atoms with E-state index < -0.39 is 122 Å². The van der Waals surface area contributed by atoms with Crippen LogP contribution in [0.4, 0.5) is 0 Å². The molecule has 9 N–H and O–H groups in total. The van der Waals surface area contributed by atoms with E-state index >= 15 is 0 Å². The van der Waals surface area contributed by atoms with E-state index in [1.54, 1.807) is 12.1 Å². The predicted octanol–water partition coefficient (Wildman–Crippen LogP) is 2.58. The molecule has 0 radical (unpaired) electrons. The maximum absolute atomic E-state index is 13.1. The highest BCUT2D eigenvalue weighted by molar-refractivity contribution is 5.87. The minimum atomic E-state index is -1.89. The normalized spacial score (nSPS) is 50.4. The first-order valence-corrected chi connectivity index (χ1v) is 26.8. The monoisotopic (exact) mass is 1040 g/mol. The first-order chi connectivity index (χ1) is 34.9. The van der Waals surface area contributed by atoms with Crippen LogP contribution in [-0.4, -0.2) is 182 Å². The summed E-state index contributed by atoms with van der Waals surface area (Å²) >= 11 is 0. The van der Waals surface area contributed by atoms with Gasteiger partial charge in [0, 0.05) is 30.3 Å². The lowest BCUT2D eigenvalue weighted by Gasteiger charge is -2.70. The minimum Gasteiger partial charge on any atom is -0.508 e. The van der Waals surface area contributed by atoms with Crippen LogP contribution in [0.5, 0.6) is 5.75 Å². The van der Waals surface area contributed by atoms with E-state index in [0.29, 0.717) is 30.9 Å². The third-order valence-corrected chi connectivity index (χ3v) is 19.9. The standard InChI is InChI=1S/C55H80O19/c1-27(2)20-30-21-53(7,65)46-31-13-14-36-51(5)18-17-37(50(3,4)35(51)16-19-52(36,6)54(31)25-55(46,74-30)67-26-54)70-49-45(73-47-41(63)39(61)33(22-56)68-47)43(32(59)24-66-49)72-48-42(64)44(40(62)34(23-57)69-48)71-38(60)15-10-28-8-11-29(58)12-9-28/h8-12,15,20,30-37,39-49,56-59,61-65H,13-14,16-19,21-26H2,1-7H3/b15-10+/t30-,31+,32-,33-,34+,35-,36+,37-,39-,40+,41+,42+,43-,44-,45+,46?,47-,48-,49-,51-,52+,53?,54-,55-/m0/s1. The number of allylic oxidation sites excluding steroid dienone is 1. The molecule has 5 aliphatic heterocycles. The molecule has 2 bridgehead atoms. The van der Waals surface area contributed by atoms with Crippen molar-refractivity contribution in [1.82, 2.24) is 0 Å². The largest absolute Gasteiger partial charge is 0.508 e. The highest BCUT2D eigenvalue weighted by Gasteiger charge is 2.81. The molecule has 24 atom stereocenters. The number of ether oxygens (including phenoxy) is 9. The fraction of sp³-hybridized carbons (Fsp3) is 0.800. The van der Waals surface area contributed by atoms with Crippen LogP contribution in [0.3, 0.4) is 0 Å². The van der Waals surface area contributed by atoms with Crippen LogP contribution >= 0.6 is 0 Å². The third-order valence-electron chi connectivity index (χ3n) is 19.9. The molecule has 19 heteroatoms. The molecule has 0 aromatic heterocycles. The van der Waals surface area contributed by atoms with Gasteiger partial charge in [-0.25, -0.2) is 4.79 Å². The fourth-order valence-corrected chi connectivity index (χ4v) is 16.7. The Hall–Kier alpha value is -2.67. The molecule has 5 saturated heterocycles. The Bertz CT molecular complexity index is 2250. The molecule has 414 valence electrons. The molecule has 4 aliphatic carbocycles. The fourth-order valence-electron chi connectivity index (χ4n) is 16.7. The Morgan fingerprint density at radius 2 is 1.45 bits per heavy atom. The van der Waals surface area contributed by atoms with Crippen LogP contribution in [0.25, 0.3) is 6.08 Å². The maximum Gasteiger partial charge on any atom is 0.331 e. The molecule has 1 aromatic rings. The van der Waals surface area contributed by atoms with Crippen molar-refractivity contribution in [1.29, 1.82) is 0 Å². The number of hydrogen-bond acceptors (Lipinski definition) is 19. The molecule has 5 heterocycles. The molecule has 9 fully saturated rings. The number of esters is 1. The summed E-state index contributed by atoms with van der Waals surface area (Å²) in [5.41, 5.74) is -0.0976. The number of rotatable bonds is 12. The molecular weight excluding hydrogens is 965 g/mol. The second kappa shape index (κ2) is 19.9. The third kappa shape index (κ3) is 8.94. The summed E-state index contributed by atoms with van der Waals surface area (Å²) in [6.45, 7) is 14.3. The van der Waals surface area contributed by atoms with E-state index in [2.05, 4.69) is 47.6 Å². The number of carbonyl (C=O) groups is 1. The smallest absolute Gasteiger partial charge is 0.331 e. The minimum absolute atomic E-state index is 0.0275. The summed E-state index contributed by atoms with van der Waals surface area (Å²) in [5.74, 6) is -1.11. The summed E-state index contributed by atoms with van der Waals surface area (Å²) < 4.78 is 57.0. The average molecular weight is 1050 g/mol. The lowest BCUT2D eigenvalue weighted by atomic mass is 9.35. The molecule has 10 rings (SSSR count). The summed E-state index contributed by atoms with van der Waals surface area (Å²) in [7, 11) is 0. The molecule has 9 aliphatic rings. The number of aliphatic hydroxyl groups excluding tert-OH is 7. The van der Waals surface area contributed by atoms with Crippen molar-refractivity contribution in [2.45, 2.75) is 203 Å². The predicted molar refractivity (Wildman–Crippen MR) is 260 cm³/mol. The maximum atomic E-state index is 13.1. The van der Waals surface area contributed by atoms with Gasteiger partial charge in [-0.3, -0.25) is 0 Å². The summed E-state index contributed by atoms with van der Waals surface area (Å²) in [6, 6.07) is 5.98. The van der Waals surface area contributed by atoms with Gasteiger partial charge in [0.1, 0.15) is 60.7 Å². The van der Waals surface area contributed by atoms with Crippen molar-refractivity contribution in [2.75, 3.05) is 26.4 Å². The zero-order chi connectivity index (χ0) is 53.1. The lowest BCUT2D eigenvalue weighted by molar-refractivity contribution is -0.375. The van der Waals surface area contributed by atoms with Crippen LogP contribution in [-0.2, 0) is 47.4 Å². The molecule has 19 nitrogen and oxygen atoms in total. The number of phenols is 1. The van der Waals surface area contributed by atoms with Crippen LogP contribution < -0.4 is 0 Å². The Morgan fingerprint density at radius 1 is 0.770 bits per heavy atom. The number of hydrogen-bond donors (Lipinski definition) is 9. The van der Waals surface area contributed by atoms with E-state index in [9.17, 15) is 50.8 Å². The number of benzene rings is 1. The van der Waals surface area contributed by atoms with E-state index in [4.69, 9.17) is 42.6 Å². The second-order valence-electron chi connectivity index (χ2n) is 24.8. The van der Waals surface area contributed by atoms with Crippen molar-refractivity contribution in [3.05, 3.63) is 47.6 Å². The van der Waals surface area contributed by atoms with Gasteiger partial charge in [-0.05, 0) is 117 Å². The van der Waals surface area contributed by atoms with Crippen molar-refractivity contribution in [3.8, 4) is 5.75 Å². The Labute approximate surface area is 432 Å². The molecule has 2 spiro atoms. The number of fused-ring (bicyclic) bond motifs is 4. The van der Waals surface area contributed by atoms with Gasteiger partial charge in [0.25, 0.3) is 0 Å². The van der Waals surface area contributed by atoms with Gasteiger partial charge in [-0.1, -0.05) is 51.5 Å². The van der Waals surface area contributed by atoms with E-state index in [1.807, 2.05) is 6.92 Å². The molecule has 4 saturated carbocycles. The van der Waals surface area contributed by atoms with Crippen molar-refractivity contribution in [3.63, 3.8) is 0 Å². The van der Waals surface area contributed by atoms with E-state index in [0.717, 1.165) is 50.2 Å². The number of aliphatic hydroxyl groups is 8. The SMILES string of the molecule is CC(C)=C[C@H]1CC(C)(O)C2[C@H]3CC[C@@H]4[C@@]5(C)CC[C@H](O[C@@H]6OC[C@H](O)[C@H](O[C@@H]7O[C@H](CO)[C@@H](O)[C@H](OC(=O)/C=C/c8ccc(O)cc8)[C@H]7O)[C@H]6O[C@@H]6O[C@@H](CO)[C@H](O)[C@H]6O)C(C)(C)[C@@H]5CC[C@@]4(C)[C@@]34CO[C@@]2(C4)O1. The van der Waals surface area contributed by atoms with E-state index in [-0.39, 0.29) is 52.5 Å². The van der Waals surface area contributed by atoms with Gasteiger partial charge < -0.3 is 88.6 Å².